The lowest BCUT2D eigenvalue weighted by Gasteiger charge is -2.19. The van der Waals surface area contributed by atoms with Gasteiger partial charge in [0.05, 0.1) is 5.69 Å². The van der Waals surface area contributed by atoms with Gasteiger partial charge >= 0.3 is 0 Å². The molecule has 0 aliphatic heterocycles. The molecule has 0 saturated carbocycles. The molecule has 0 amide bonds. The largest absolute Gasteiger partial charge is 0.375 e. The molecule has 0 spiro atoms. The minimum atomic E-state index is 0.942. The van der Waals surface area contributed by atoms with Crippen molar-refractivity contribution < 1.29 is 0 Å². The Bertz CT molecular complexity index is 533. The van der Waals surface area contributed by atoms with Crippen molar-refractivity contribution in [2.24, 2.45) is 0 Å². The molecule has 21 heavy (non-hydrogen) atoms. The van der Waals surface area contributed by atoms with Crippen LogP contribution in [0.1, 0.15) is 25.5 Å². The summed E-state index contributed by atoms with van der Waals surface area (Å²) in [7, 11) is 2.14. The minimum Gasteiger partial charge on any atom is -0.375 e. The van der Waals surface area contributed by atoms with Gasteiger partial charge in [-0.1, -0.05) is 25.1 Å². The number of benzene rings is 1. The van der Waals surface area contributed by atoms with E-state index in [9.17, 15) is 0 Å². The van der Waals surface area contributed by atoms with Crippen molar-refractivity contribution in [1.29, 1.82) is 0 Å². The number of aryl methyl sites for hydroxylation is 2. The molecule has 4 nitrogen and oxygen atoms in total. The van der Waals surface area contributed by atoms with E-state index in [2.05, 4.69) is 70.3 Å². The fourth-order valence-electron chi connectivity index (χ4n) is 2.43. The van der Waals surface area contributed by atoms with E-state index in [1.54, 1.807) is 0 Å². The molecular formula is C17H26N4. The highest BCUT2D eigenvalue weighted by Crippen LogP contribution is 2.12. The lowest BCUT2D eigenvalue weighted by molar-refractivity contribution is 0.679. The second kappa shape index (κ2) is 7.72. The average Bonchev–Trinajstić information content (AvgIpc) is 2.84. The highest BCUT2D eigenvalue weighted by Gasteiger charge is 2.04. The van der Waals surface area contributed by atoms with Gasteiger partial charge in [-0.25, -0.2) is 4.98 Å². The van der Waals surface area contributed by atoms with Crippen LogP contribution < -0.4 is 10.2 Å². The summed E-state index contributed by atoms with van der Waals surface area (Å²) >= 11 is 0. The van der Waals surface area contributed by atoms with Crippen LogP contribution in [-0.2, 0) is 6.54 Å². The summed E-state index contributed by atoms with van der Waals surface area (Å²) in [6, 6.07) is 10.5. The highest BCUT2D eigenvalue weighted by atomic mass is 15.2. The van der Waals surface area contributed by atoms with E-state index < -0.39 is 0 Å². The first-order valence-electron chi connectivity index (χ1n) is 7.74. The molecule has 1 N–H and O–H groups in total. The van der Waals surface area contributed by atoms with Gasteiger partial charge in [-0.3, -0.25) is 0 Å². The number of nitrogens with zero attached hydrogens (tertiary/aromatic N) is 3. The smallest absolute Gasteiger partial charge is 0.203 e. The number of para-hydroxylation sites is 1. The van der Waals surface area contributed by atoms with Crippen LogP contribution in [0.15, 0.2) is 36.5 Å². The number of nitrogens with one attached hydrogen (secondary N) is 1. The average molecular weight is 286 g/mol. The summed E-state index contributed by atoms with van der Waals surface area (Å²) < 4.78 is 2.20. The van der Waals surface area contributed by atoms with Crippen molar-refractivity contribution in [3.05, 3.63) is 42.2 Å². The second-order valence-electron chi connectivity index (χ2n) is 5.44. The minimum absolute atomic E-state index is 0.942. The predicted molar refractivity (Wildman–Crippen MR) is 90.1 cm³/mol. The maximum absolute atomic E-state index is 4.54. The summed E-state index contributed by atoms with van der Waals surface area (Å²) in [4.78, 5) is 6.83. The summed E-state index contributed by atoms with van der Waals surface area (Å²) in [6.07, 6.45) is 4.33. The van der Waals surface area contributed by atoms with E-state index in [4.69, 9.17) is 0 Å². The molecular weight excluding hydrogens is 260 g/mol. The van der Waals surface area contributed by atoms with Gasteiger partial charge in [-0.05, 0) is 31.9 Å². The Balaban J connectivity index is 1.77. The maximum atomic E-state index is 4.54. The van der Waals surface area contributed by atoms with E-state index in [0.29, 0.717) is 0 Å². The Morgan fingerprint density at radius 1 is 1.24 bits per heavy atom. The summed E-state index contributed by atoms with van der Waals surface area (Å²) in [6.45, 7) is 7.23. The predicted octanol–water partition coefficient (Wildman–Crippen LogP) is 3.54. The molecule has 1 heterocycles. The Hall–Kier alpha value is -1.97. The molecule has 0 atom stereocenters. The Morgan fingerprint density at radius 2 is 2.00 bits per heavy atom. The lowest BCUT2D eigenvalue weighted by Crippen LogP contribution is -2.21. The van der Waals surface area contributed by atoms with Gasteiger partial charge < -0.3 is 14.8 Å². The summed E-state index contributed by atoms with van der Waals surface area (Å²) in [5, 5.41) is 3.45. The van der Waals surface area contributed by atoms with Crippen LogP contribution in [-0.4, -0.2) is 29.7 Å². The first-order valence-corrected chi connectivity index (χ1v) is 7.74. The molecule has 0 bridgehead atoms. The molecule has 2 aromatic rings. The van der Waals surface area contributed by atoms with Crippen molar-refractivity contribution in [1.82, 2.24) is 9.55 Å². The van der Waals surface area contributed by atoms with E-state index in [1.165, 1.54) is 5.69 Å². The lowest BCUT2D eigenvalue weighted by atomic mass is 10.3. The Labute approximate surface area is 127 Å². The fraction of sp³-hybridized carbons (Fsp3) is 0.471. The van der Waals surface area contributed by atoms with Crippen LogP contribution in [0.25, 0.3) is 0 Å². The van der Waals surface area contributed by atoms with E-state index >= 15 is 0 Å². The third kappa shape index (κ3) is 4.52. The van der Waals surface area contributed by atoms with Crippen molar-refractivity contribution in [2.75, 3.05) is 30.4 Å². The van der Waals surface area contributed by atoms with Gasteiger partial charge in [0.15, 0.2) is 0 Å². The normalized spacial score (nSPS) is 10.6. The van der Waals surface area contributed by atoms with Crippen molar-refractivity contribution in [3.8, 4) is 0 Å². The van der Waals surface area contributed by atoms with Crippen LogP contribution >= 0.6 is 0 Å². The molecule has 0 aliphatic rings. The third-order valence-electron chi connectivity index (χ3n) is 3.51. The monoisotopic (exact) mass is 286 g/mol. The standard InChI is InChI=1S/C17H26N4/c1-4-12-21-14-15(2)19-17(21)18-11-8-13-20(3)16-9-6-5-7-10-16/h5-7,9-10,14H,4,8,11-13H2,1-3H3,(H,18,19). The highest BCUT2D eigenvalue weighted by molar-refractivity contribution is 5.44. The van der Waals surface area contributed by atoms with Crippen LogP contribution in [0.5, 0.6) is 0 Å². The number of anilines is 2. The first-order chi connectivity index (χ1) is 10.2. The molecule has 2 rings (SSSR count). The van der Waals surface area contributed by atoms with Gasteiger partial charge in [0.25, 0.3) is 0 Å². The third-order valence-corrected chi connectivity index (χ3v) is 3.51. The SMILES string of the molecule is CCCn1cc(C)nc1NCCCN(C)c1ccccc1. The number of hydrogen-bond donors (Lipinski definition) is 1. The molecule has 1 aromatic heterocycles. The zero-order valence-electron chi connectivity index (χ0n) is 13.3. The first kappa shape index (κ1) is 15.4. The van der Waals surface area contributed by atoms with E-state index in [-0.39, 0.29) is 0 Å². The zero-order chi connectivity index (χ0) is 15.1. The molecule has 1 aromatic carbocycles. The van der Waals surface area contributed by atoms with Crippen molar-refractivity contribution >= 4 is 11.6 Å². The maximum Gasteiger partial charge on any atom is 0.203 e. The van der Waals surface area contributed by atoms with Crippen LogP contribution in [0.4, 0.5) is 11.6 Å². The molecule has 114 valence electrons. The van der Waals surface area contributed by atoms with E-state index in [0.717, 1.165) is 44.1 Å². The Kier molecular flexibility index (Phi) is 5.67. The number of hydrogen-bond acceptors (Lipinski definition) is 3. The van der Waals surface area contributed by atoms with Crippen LogP contribution in [0, 0.1) is 6.92 Å². The van der Waals surface area contributed by atoms with E-state index in [1.807, 2.05) is 6.92 Å². The molecule has 0 unspecified atom stereocenters. The number of rotatable bonds is 8. The molecule has 0 saturated heterocycles. The number of imidazole rings is 1. The van der Waals surface area contributed by atoms with Crippen molar-refractivity contribution in [2.45, 2.75) is 33.2 Å². The second-order valence-corrected chi connectivity index (χ2v) is 5.44. The number of aromatic nitrogens is 2. The van der Waals surface area contributed by atoms with Gasteiger partial charge in [0.1, 0.15) is 0 Å². The van der Waals surface area contributed by atoms with Gasteiger partial charge in [0, 0.05) is 38.6 Å². The molecule has 0 aliphatic carbocycles. The van der Waals surface area contributed by atoms with Gasteiger partial charge in [-0.15, -0.1) is 0 Å². The molecule has 4 heteroatoms. The fourth-order valence-corrected chi connectivity index (χ4v) is 2.43. The topological polar surface area (TPSA) is 33.1 Å². The quantitative estimate of drug-likeness (QED) is 0.754. The van der Waals surface area contributed by atoms with Crippen LogP contribution in [0.2, 0.25) is 0 Å². The van der Waals surface area contributed by atoms with Gasteiger partial charge in [-0.2, -0.15) is 0 Å². The molecule has 0 fully saturated rings. The summed E-state index contributed by atoms with van der Waals surface area (Å²) in [5.41, 5.74) is 2.34. The zero-order valence-corrected chi connectivity index (χ0v) is 13.3. The Morgan fingerprint density at radius 3 is 2.71 bits per heavy atom. The van der Waals surface area contributed by atoms with Crippen LogP contribution in [0.3, 0.4) is 0 Å². The van der Waals surface area contributed by atoms with Crippen molar-refractivity contribution in [3.63, 3.8) is 0 Å². The molecule has 0 radical (unpaired) electrons. The van der Waals surface area contributed by atoms with Gasteiger partial charge in [0.2, 0.25) is 5.95 Å². The summed E-state index contributed by atoms with van der Waals surface area (Å²) in [5.74, 6) is 0.997.